The number of nitrogens with zero attached hydrogens (tertiary/aromatic N) is 4. The van der Waals surface area contributed by atoms with Crippen molar-refractivity contribution in [3.05, 3.63) is 71.5 Å². The molecule has 0 fully saturated rings. The van der Waals surface area contributed by atoms with Gasteiger partial charge in [0.1, 0.15) is 18.5 Å². The number of imidazole rings is 1. The van der Waals surface area contributed by atoms with Crippen molar-refractivity contribution in [1.82, 2.24) is 24.7 Å². The molecule has 1 amide bonds. The second-order valence-electron chi connectivity index (χ2n) is 5.86. The summed E-state index contributed by atoms with van der Waals surface area (Å²) in [5.74, 6) is 0.451. The molecule has 0 spiro atoms. The number of H-pyrrole nitrogens is 1. The lowest BCUT2D eigenvalue weighted by Gasteiger charge is -2.07. The molecule has 0 saturated heterocycles. The summed E-state index contributed by atoms with van der Waals surface area (Å²) in [6, 6.07) is 13.0. The maximum absolute atomic E-state index is 12.3. The van der Waals surface area contributed by atoms with Crippen molar-refractivity contribution in [2.45, 2.75) is 13.0 Å². The zero-order valence-electron chi connectivity index (χ0n) is 13.7. The lowest BCUT2D eigenvalue weighted by Crippen LogP contribution is -2.15. The number of carbonyl (C=O) groups excluding carboxylic acids is 1. The Morgan fingerprint density at radius 3 is 3.00 bits per heavy atom. The van der Waals surface area contributed by atoms with E-state index >= 15 is 0 Å². The van der Waals surface area contributed by atoms with Gasteiger partial charge in [0.25, 0.3) is 0 Å². The molecule has 26 heavy (non-hydrogen) atoms. The standard InChI is InChI=1S/C18H15ClN6O/c19-13-4-5-15-16(7-13)24-17(23-15)8-18(26)22-14-3-1-2-12(6-14)9-25-11-20-10-21-25/h1-7,10-11H,8-9H2,(H,22,26)(H,23,24). The van der Waals surface area contributed by atoms with E-state index in [4.69, 9.17) is 11.6 Å². The summed E-state index contributed by atoms with van der Waals surface area (Å²) in [7, 11) is 0. The van der Waals surface area contributed by atoms with Crippen LogP contribution in [0.25, 0.3) is 11.0 Å². The van der Waals surface area contributed by atoms with Crippen molar-refractivity contribution < 1.29 is 4.79 Å². The molecular formula is C18H15ClN6O. The van der Waals surface area contributed by atoms with Crippen LogP contribution < -0.4 is 5.32 Å². The van der Waals surface area contributed by atoms with Crippen LogP contribution in [0.1, 0.15) is 11.4 Å². The van der Waals surface area contributed by atoms with Crippen LogP contribution in [-0.4, -0.2) is 30.6 Å². The predicted octanol–water partition coefficient (Wildman–Crippen LogP) is 3.04. The average molecular weight is 367 g/mol. The normalized spacial score (nSPS) is 11.0. The van der Waals surface area contributed by atoms with Gasteiger partial charge in [0.15, 0.2) is 0 Å². The van der Waals surface area contributed by atoms with Gasteiger partial charge in [-0.1, -0.05) is 23.7 Å². The van der Waals surface area contributed by atoms with Gasteiger partial charge in [-0.3, -0.25) is 4.79 Å². The summed E-state index contributed by atoms with van der Waals surface area (Å²) in [5.41, 5.74) is 3.35. The number of nitrogens with one attached hydrogen (secondary N) is 2. The molecule has 2 aromatic heterocycles. The van der Waals surface area contributed by atoms with Crippen molar-refractivity contribution in [1.29, 1.82) is 0 Å². The number of fused-ring (bicyclic) bond motifs is 1. The number of amides is 1. The molecule has 0 aliphatic rings. The first kappa shape index (κ1) is 16.3. The highest BCUT2D eigenvalue weighted by Gasteiger charge is 2.09. The van der Waals surface area contributed by atoms with Gasteiger partial charge in [0.05, 0.1) is 24.0 Å². The van der Waals surface area contributed by atoms with Gasteiger partial charge in [-0.15, -0.1) is 0 Å². The number of benzene rings is 2. The molecule has 0 atom stereocenters. The highest BCUT2D eigenvalue weighted by atomic mass is 35.5. The van der Waals surface area contributed by atoms with Gasteiger partial charge in [0, 0.05) is 10.7 Å². The van der Waals surface area contributed by atoms with E-state index in [0.717, 1.165) is 22.3 Å². The third-order valence-electron chi connectivity index (χ3n) is 3.84. The number of aromatic nitrogens is 5. The molecule has 0 bridgehead atoms. The Kier molecular flexibility index (Phi) is 4.37. The molecule has 0 unspecified atom stereocenters. The van der Waals surface area contributed by atoms with Crippen molar-refractivity contribution in [2.24, 2.45) is 0 Å². The zero-order valence-corrected chi connectivity index (χ0v) is 14.4. The highest BCUT2D eigenvalue weighted by Crippen LogP contribution is 2.18. The van der Waals surface area contributed by atoms with Crippen molar-refractivity contribution in [2.75, 3.05) is 5.32 Å². The Hall–Kier alpha value is -3.19. The van der Waals surface area contributed by atoms with E-state index in [0.29, 0.717) is 17.4 Å². The maximum Gasteiger partial charge on any atom is 0.231 e. The monoisotopic (exact) mass is 366 g/mol. The maximum atomic E-state index is 12.3. The summed E-state index contributed by atoms with van der Waals surface area (Å²) >= 11 is 5.97. The van der Waals surface area contributed by atoms with E-state index in [-0.39, 0.29) is 12.3 Å². The third-order valence-corrected chi connectivity index (χ3v) is 4.08. The van der Waals surface area contributed by atoms with Crippen LogP contribution >= 0.6 is 11.6 Å². The first-order valence-corrected chi connectivity index (χ1v) is 8.39. The molecule has 0 saturated carbocycles. The van der Waals surface area contributed by atoms with E-state index in [1.54, 1.807) is 23.1 Å². The van der Waals surface area contributed by atoms with E-state index < -0.39 is 0 Å². The lowest BCUT2D eigenvalue weighted by atomic mass is 10.2. The number of anilines is 1. The number of hydrogen-bond donors (Lipinski definition) is 2. The fraction of sp³-hybridized carbons (Fsp3) is 0.111. The summed E-state index contributed by atoms with van der Waals surface area (Å²) in [4.78, 5) is 23.8. The molecule has 7 nitrogen and oxygen atoms in total. The predicted molar refractivity (Wildman–Crippen MR) is 99.0 cm³/mol. The fourth-order valence-corrected chi connectivity index (χ4v) is 2.90. The van der Waals surface area contributed by atoms with Gasteiger partial charge in [0.2, 0.25) is 5.91 Å². The molecule has 130 valence electrons. The Morgan fingerprint density at radius 1 is 1.23 bits per heavy atom. The Bertz CT molecular complexity index is 1060. The second kappa shape index (κ2) is 6.97. The minimum atomic E-state index is -0.145. The third kappa shape index (κ3) is 3.73. The second-order valence-corrected chi connectivity index (χ2v) is 6.30. The molecule has 0 aliphatic carbocycles. The summed E-state index contributed by atoms with van der Waals surface area (Å²) in [5, 5.41) is 7.60. The number of carbonyl (C=O) groups is 1. The van der Waals surface area contributed by atoms with Gasteiger partial charge < -0.3 is 10.3 Å². The lowest BCUT2D eigenvalue weighted by molar-refractivity contribution is -0.115. The first-order chi connectivity index (χ1) is 12.7. The van der Waals surface area contributed by atoms with E-state index in [1.807, 2.05) is 30.3 Å². The van der Waals surface area contributed by atoms with Crippen LogP contribution in [0.15, 0.2) is 55.1 Å². The van der Waals surface area contributed by atoms with Crippen molar-refractivity contribution in [3.63, 3.8) is 0 Å². The largest absolute Gasteiger partial charge is 0.342 e. The quantitative estimate of drug-likeness (QED) is 0.568. The molecule has 4 rings (SSSR count). The van der Waals surface area contributed by atoms with Crippen LogP contribution in [0, 0.1) is 0 Å². The van der Waals surface area contributed by atoms with Crippen LogP contribution in [-0.2, 0) is 17.8 Å². The molecular weight excluding hydrogens is 352 g/mol. The van der Waals surface area contributed by atoms with E-state index in [2.05, 4.69) is 25.4 Å². The average Bonchev–Trinajstić information content (AvgIpc) is 3.23. The van der Waals surface area contributed by atoms with Gasteiger partial charge in [-0.2, -0.15) is 5.10 Å². The fourth-order valence-electron chi connectivity index (χ4n) is 2.72. The number of hydrogen-bond acceptors (Lipinski definition) is 4. The molecule has 0 aliphatic heterocycles. The van der Waals surface area contributed by atoms with E-state index in [9.17, 15) is 4.79 Å². The highest BCUT2D eigenvalue weighted by molar-refractivity contribution is 6.31. The van der Waals surface area contributed by atoms with Crippen LogP contribution in [0.2, 0.25) is 5.02 Å². The topological polar surface area (TPSA) is 88.5 Å². The van der Waals surface area contributed by atoms with Crippen LogP contribution in [0.4, 0.5) is 5.69 Å². The zero-order chi connectivity index (χ0) is 17.9. The Labute approximate surface area is 154 Å². The summed E-state index contributed by atoms with van der Waals surface area (Å²) in [6.07, 6.45) is 3.30. The number of halogens is 1. The van der Waals surface area contributed by atoms with Gasteiger partial charge >= 0.3 is 0 Å². The van der Waals surface area contributed by atoms with E-state index in [1.165, 1.54) is 6.33 Å². The number of aromatic amines is 1. The SMILES string of the molecule is O=C(Cc1nc2ccc(Cl)cc2[nH]1)Nc1cccc(Cn2cncn2)c1. The summed E-state index contributed by atoms with van der Waals surface area (Å²) in [6.45, 7) is 0.591. The van der Waals surface area contributed by atoms with Crippen molar-refractivity contribution >= 4 is 34.2 Å². The molecule has 2 aromatic carbocycles. The smallest absolute Gasteiger partial charge is 0.231 e. The minimum Gasteiger partial charge on any atom is -0.342 e. The number of rotatable bonds is 5. The first-order valence-electron chi connectivity index (χ1n) is 8.01. The van der Waals surface area contributed by atoms with Crippen molar-refractivity contribution in [3.8, 4) is 0 Å². The summed E-state index contributed by atoms with van der Waals surface area (Å²) < 4.78 is 1.72. The molecule has 2 heterocycles. The van der Waals surface area contributed by atoms with Gasteiger partial charge in [-0.25, -0.2) is 14.6 Å². The Morgan fingerprint density at radius 2 is 2.15 bits per heavy atom. The Balaban J connectivity index is 1.44. The molecule has 2 N–H and O–H groups in total. The van der Waals surface area contributed by atoms with Crippen LogP contribution in [0.3, 0.4) is 0 Å². The molecule has 0 radical (unpaired) electrons. The minimum absolute atomic E-state index is 0.145. The molecule has 4 aromatic rings. The molecule has 8 heteroatoms. The van der Waals surface area contributed by atoms with Crippen LogP contribution in [0.5, 0.6) is 0 Å². The van der Waals surface area contributed by atoms with Gasteiger partial charge in [-0.05, 0) is 35.9 Å².